The molecule has 0 radical (unpaired) electrons. The Balaban J connectivity index is 1.77. The Morgan fingerprint density at radius 1 is 1.19 bits per heavy atom. The number of H-pyrrole nitrogens is 1. The number of hydrogen-bond donors (Lipinski definition) is 1. The number of aromatic amines is 1. The van der Waals surface area contributed by atoms with Crippen molar-refractivity contribution in [3.63, 3.8) is 0 Å². The molecule has 136 valence electrons. The van der Waals surface area contributed by atoms with E-state index in [2.05, 4.69) is 9.97 Å². The van der Waals surface area contributed by atoms with Crippen molar-refractivity contribution < 1.29 is 19.1 Å². The van der Waals surface area contributed by atoms with Crippen LogP contribution in [0.5, 0.6) is 0 Å². The second-order valence-electron chi connectivity index (χ2n) is 6.08. The van der Waals surface area contributed by atoms with Gasteiger partial charge in [-0.05, 0) is 44.9 Å². The molecule has 7 heteroatoms. The molecule has 0 atom stereocenters. The van der Waals surface area contributed by atoms with Gasteiger partial charge in [-0.1, -0.05) is 6.07 Å². The SMILES string of the molecule is CCOC(=O)c1[nH]c(C)c(C(=O)OCc2cn3cccc(C)c3n2)c1C. The van der Waals surface area contributed by atoms with Gasteiger partial charge in [-0.3, -0.25) is 0 Å². The van der Waals surface area contributed by atoms with Gasteiger partial charge in [0.15, 0.2) is 0 Å². The molecule has 0 aliphatic rings. The largest absolute Gasteiger partial charge is 0.461 e. The van der Waals surface area contributed by atoms with Crippen LogP contribution >= 0.6 is 0 Å². The molecule has 1 N–H and O–H groups in total. The van der Waals surface area contributed by atoms with Crippen molar-refractivity contribution in [2.45, 2.75) is 34.3 Å². The van der Waals surface area contributed by atoms with Gasteiger partial charge in [0.25, 0.3) is 0 Å². The first-order valence-corrected chi connectivity index (χ1v) is 8.39. The van der Waals surface area contributed by atoms with Crippen LogP contribution in [0.25, 0.3) is 5.65 Å². The molecule has 0 unspecified atom stereocenters. The number of nitrogens with one attached hydrogen (secondary N) is 1. The first-order chi connectivity index (χ1) is 12.4. The van der Waals surface area contributed by atoms with Crippen LogP contribution in [0.3, 0.4) is 0 Å². The molecule has 3 aromatic rings. The van der Waals surface area contributed by atoms with Crippen molar-refractivity contribution in [3.05, 3.63) is 58.3 Å². The molecule has 0 aromatic carbocycles. The molecule has 0 saturated heterocycles. The number of imidazole rings is 1. The van der Waals surface area contributed by atoms with Crippen molar-refractivity contribution in [3.8, 4) is 0 Å². The molecule has 0 aliphatic carbocycles. The molecular formula is C19H21N3O4. The Morgan fingerprint density at radius 3 is 2.65 bits per heavy atom. The summed E-state index contributed by atoms with van der Waals surface area (Å²) in [5.41, 5.74) is 4.26. The minimum absolute atomic E-state index is 0.0543. The molecule has 0 saturated carbocycles. The number of rotatable bonds is 5. The molecule has 3 rings (SSSR count). The van der Waals surface area contributed by atoms with Crippen molar-refractivity contribution in [1.29, 1.82) is 0 Å². The summed E-state index contributed by atoms with van der Waals surface area (Å²) in [6.45, 7) is 7.44. The van der Waals surface area contributed by atoms with Gasteiger partial charge in [-0.2, -0.15) is 0 Å². The number of pyridine rings is 1. The zero-order valence-electron chi connectivity index (χ0n) is 15.3. The van der Waals surface area contributed by atoms with E-state index in [9.17, 15) is 9.59 Å². The Morgan fingerprint density at radius 2 is 1.96 bits per heavy atom. The summed E-state index contributed by atoms with van der Waals surface area (Å²) in [6, 6.07) is 3.91. The van der Waals surface area contributed by atoms with Gasteiger partial charge in [0.05, 0.1) is 17.9 Å². The van der Waals surface area contributed by atoms with E-state index in [1.165, 1.54) is 0 Å². The quantitative estimate of drug-likeness (QED) is 0.711. The standard InChI is InChI=1S/C19H21N3O4/c1-5-25-19(24)16-12(3)15(13(4)20-16)18(23)26-10-14-9-22-8-6-7-11(2)17(22)21-14/h6-9,20H,5,10H2,1-4H3. The number of esters is 2. The fourth-order valence-corrected chi connectivity index (χ4v) is 2.95. The summed E-state index contributed by atoms with van der Waals surface area (Å²) in [5.74, 6) is -0.983. The normalized spacial score (nSPS) is 10.9. The van der Waals surface area contributed by atoms with Crippen LogP contribution in [0, 0.1) is 20.8 Å². The lowest BCUT2D eigenvalue weighted by Crippen LogP contribution is -2.09. The van der Waals surface area contributed by atoms with Crippen LogP contribution in [-0.4, -0.2) is 32.9 Å². The average Bonchev–Trinajstić information content (AvgIpc) is 3.15. The maximum Gasteiger partial charge on any atom is 0.355 e. The van der Waals surface area contributed by atoms with Crippen LogP contribution in [0.1, 0.15) is 50.3 Å². The number of aromatic nitrogens is 3. The molecule has 7 nitrogen and oxygen atoms in total. The molecule has 0 amide bonds. The van der Waals surface area contributed by atoms with E-state index in [1.54, 1.807) is 20.8 Å². The van der Waals surface area contributed by atoms with Gasteiger partial charge in [0, 0.05) is 18.1 Å². The Hall–Kier alpha value is -3.09. The molecule has 3 heterocycles. The van der Waals surface area contributed by atoms with Crippen molar-refractivity contribution in [1.82, 2.24) is 14.4 Å². The molecule has 0 spiro atoms. The average molecular weight is 355 g/mol. The zero-order chi connectivity index (χ0) is 18.8. The molecule has 0 aliphatic heterocycles. The highest BCUT2D eigenvalue weighted by atomic mass is 16.5. The van der Waals surface area contributed by atoms with E-state index >= 15 is 0 Å². The molecule has 0 fully saturated rings. The van der Waals surface area contributed by atoms with Crippen LogP contribution < -0.4 is 0 Å². The first-order valence-electron chi connectivity index (χ1n) is 8.39. The fraction of sp³-hybridized carbons (Fsp3) is 0.316. The number of aryl methyl sites for hydroxylation is 2. The topological polar surface area (TPSA) is 85.7 Å². The third kappa shape index (κ3) is 3.20. The third-order valence-corrected chi connectivity index (χ3v) is 4.20. The lowest BCUT2D eigenvalue weighted by molar-refractivity contribution is 0.0467. The summed E-state index contributed by atoms with van der Waals surface area (Å²) in [6.07, 6.45) is 3.73. The van der Waals surface area contributed by atoms with Gasteiger partial charge < -0.3 is 18.9 Å². The zero-order valence-corrected chi connectivity index (χ0v) is 15.3. The predicted molar refractivity (Wildman–Crippen MR) is 95.3 cm³/mol. The lowest BCUT2D eigenvalue weighted by atomic mass is 10.1. The fourth-order valence-electron chi connectivity index (χ4n) is 2.95. The maximum absolute atomic E-state index is 12.5. The summed E-state index contributed by atoms with van der Waals surface area (Å²) < 4.78 is 12.3. The van der Waals surface area contributed by atoms with Gasteiger partial charge in [0.2, 0.25) is 0 Å². The van der Waals surface area contributed by atoms with Gasteiger partial charge in [-0.25, -0.2) is 14.6 Å². The lowest BCUT2D eigenvalue weighted by Gasteiger charge is -2.04. The van der Waals surface area contributed by atoms with Crippen molar-refractivity contribution >= 4 is 17.6 Å². The molecular weight excluding hydrogens is 334 g/mol. The summed E-state index contributed by atoms with van der Waals surface area (Å²) in [4.78, 5) is 31.8. The number of fused-ring (bicyclic) bond motifs is 1. The monoisotopic (exact) mass is 355 g/mol. The van der Waals surface area contributed by atoms with E-state index in [0.29, 0.717) is 22.5 Å². The number of nitrogens with zero attached hydrogens (tertiary/aromatic N) is 2. The number of carbonyl (C=O) groups is 2. The van der Waals surface area contributed by atoms with Crippen LogP contribution in [0.15, 0.2) is 24.5 Å². The van der Waals surface area contributed by atoms with E-state index in [0.717, 1.165) is 11.2 Å². The van der Waals surface area contributed by atoms with Crippen LogP contribution in [0.2, 0.25) is 0 Å². The Kier molecular flexibility index (Phi) is 4.79. The van der Waals surface area contributed by atoms with Gasteiger partial charge in [0.1, 0.15) is 17.9 Å². The summed E-state index contributed by atoms with van der Waals surface area (Å²) in [5, 5.41) is 0. The van der Waals surface area contributed by atoms with E-state index in [-0.39, 0.29) is 18.9 Å². The highest BCUT2D eigenvalue weighted by molar-refractivity contribution is 5.98. The highest BCUT2D eigenvalue weighted by Crippen LogP contribution is 2.20. The third-order valence-electron chi connectivity index (χ3n) is 4.20. The second kappa shape index (κ2) is 7.03. The maximum atomic E-state index is 12.5. The smallest absolute Gasteiger partial charge is 0.355 e. The minimum Gasteiger partial charge on any atom is -0.461 e. The van der Waals surface area contributed by atoms with Crippen LogP contribution in [-0.2, 0) is 16.1 Å². The number of carbonyl (C=O) groups excluding carboxylic acids is 2. The molecule has 26 heavy (non-hydrogen) atoms. The highest BCUT2D eigenvalue weighted by Gasteiger charge is 2.24. The molecule has 0 bridgehead atoms. The predicted octanol–water partition coefficient (Wildman–Crippen LogP) is 3.12. The van der Waals surface area contributed by atoms with Gasteiger partial charge >= 0.3 is 11.9 Å². The van der Waals surface area contributed by atoms with Gasteiger partial charge in [-0.15, -0.1) is 0 Å². The Bertz CT molecular complexity index is 984. The van der Waals surface area contributed by atoms with E-state index in [4.69, 9.17) is 9.47 Å². The van der Waals surface area contributed by atoms with E-state index in [1.807, 2.05) is 35.9 Å². The first kappa shape index (κ1) is 17.7. The van der Waals surface area contributed by atoms with E-state index < -0.39 is 11.9 Å². The summed E-state index contributed by atoms with van der Waals surface area (Å²) >= 11 is 0. The number of hydrogen-bond acceptors (Lipinski definition) is 5. The minimum atomic E-state index is -0.499. The molecule has 3 aromatic heterocycles. The second-order valence-corrected chi connectivity index (χ2v) is 6.08. The Labute approximate surface area is 151 Å². The number of ether oxygens (including phenoxy) is 2. The summed E-state index contributed by atoms with van der Waals surface area (Å²) in [7, 11) is 0. The van der Waals surface area contributed by atoms with Crippen molar-refractivity contribution in [2.24, 2.45) is 0 Å². The van der Waals surface area contributed by atoms with Crippen molar-refractivity contribution in [2.75, 3.05) is 6.61 Å². The van der Waals surface area contributed by atoms with Crippen LogP contribution in [0.4, 0.5) is 0 Å².